The Morgan fingerprint density at radius 2 is 2.29 bits per heavy atom. The van der Waals surface area contributed by atoms with Crippen LogP contribution in [0.3, 0.4) is 0 Å². The van der Waals surface area contributed by atoms with Crippen molar-refractivity contribution < 1.29 is 9.90 Å². The fraction of sp³-hybridized carbons (Fsp3) is 0.400. The largest absolute Gasteiger partial charge is 0.382 e. The van der Waals surface area contributed by atoms with Crippen LogP contribution in [0.15, 0.2) is 12.2 Å². The first-order chi connectivity index (χ1) is 3.31. The SMILES string of the molecule is CC=CC(O)C=O. The van der Waals surface area contributed by atoms with E-state index < -0.39 is 6.10 Å². The molecule has 0 saturated carbocycles. The number of aldehydes is 1. The van der Waals surface area contributed by atoms with Gasteiger partial charge in [0.25, 0.3) is 0 Å². The fourth-order valence-electron chi connectivity index (χ4n) is 0.243. The fourth-order valence-corrected chi connectivity index (χ4v) is 0.243. The zero-order chi connectivity index (χ0) is 5.70. The van der Waals surface area contributed by atoms with Crippen molar-refractivity contribution in [2.24, 2.45) is 0 Å². The molecule has 1 atom stereocenters. The molecule has 0 heterocycles. The number of carbonyl (C=O) groups excluding carboxylic acids is 1. The first-order valence-electron chi connectivity index (χ1n) is 2.07. The molecular formula is C5H8O2. The lowest BCUT2D eigenvalue weighted by Crippen LogP contribution is -2.01. The summed E-state index contributed by atoms with van der Waals surface area (Å²) in [7, 11) is 0. The smallest absolute Gasteiger partial charge is 0.152 e. The highest BCUT2D eigenvalue weighted by Gasteiger charge is 1.88. The molecule has 0 aliphatic heterocycles. The molecule has 2 heteroatoms. The molecule has 0 radical (unpaired) electrons. The molecule has 1 N–H and O–H groups in total. The topological polar surface area (TPSA) is 37.3 Å². The van der Waals surface area contributed by atoms with Crippen molar-refractivity contribution in [2.45, 2.75) is 13.0 Å². The first kappa shape index (κ1) is 6.37. The quantitative estimate of drug-likeness (QED) is 0.395. The molecule has 0 aromatic heterocycles. The first-order valence-corrected chi connectivity index (χ1v) is 2.07. The molecule has 0 aliphatic carbocycles. The number of hydrogen-bond acceptors (Lipinski definition) is 2. The highest BCUT2D eigenvalue weighted by Crippen LogP contribution is 1.76. The molecular weight excluding hydrogens is 92.1 g/mol. The van der Waals surface area contributed by atoms with Crippen LogP contribution in [0.2, 0.25) is 0 Å². The summed E-state index contributed by atoms with van der Waals surface area (Å²) >= 11 is 0. The third-order valence-electron chi connectivity index (χ3n) is 0.529. The van der Waals surface area contributed by atoms with Crippen molar-refractivity contribution in [3.8, 4) is 0 Å². The van der Waals surface area contributed by atoms with Gasteiger partial charge in [-0.3, -0.25) is 0 Å². The van der Waals surface area contributed by atoms with Crippen LogP contribution in [0, 0.1) is 0 Å². The molecule has 0 fully saturated rings. The molecule has 2 nitrogen and oxygen atoms in total. The van der Waals surface area contributed by atoms with Crippen molar-refractivity contribution in [1.29, 1.82) is 0 Å². The molecule has 0 aliphatic rings. The van der Waals surface area contributed by atoms with Crippen molar-refractivity contribution in [1.82, 2.24) is 0 Å². The van der Waals surface area contributed by atoms with Gasteiger partial charge < -0.3 is 9.90 Å². The summed E-state index contributed by atoms with van der Waals surface area (Å²) in [6, 6.07) is 0. The summed E-state index contributed by atoms with van der Waals surface area (Å²) in [5.74, 6) is 0. The molecule has 0 amide bonds. The number of aliphatic hydroxyl groups is 1. The van der Waals surface area contributed by atoms with E-state index in [1.54, 1.807) is 13.0 Å². The van der Waals surface area contributed by atoms with Crippen molar-refractivity contribution >= 4 is 6.29 Å². The van der Waals surface area contributed by atoms with Gasteiger partial charge in [0.05, 0.1) is 0 Å². The molecule has 7 heavy (non-hydrogen) atoms. The van der Waals surface area contributed by atoms with Gasteiger partial charge in [-0.05, 0) is 6.92 Å². The van der Waals surface area contributed by atoms with Crippen LogP contribution >= 0.6 is 0 Å². The lowest BCUT2D eigenvalue weighted by molar-refractivity contribution is -0.112. The van der Waals surface area contributed by atoms with Gasteiger partial charge in [-0.15, -0.1) is 0 Å². The minimum Gasteiger partial charge on any atom is -0.382 e. The normalized spacial score (nSPS) is 14.6. The summed E-state index contributed by atoms with van der Waals surface area (Å²) in [5, 5.41) is 8.40. The van der Waals surface area contributed by atoms with Gasteiger partial charge in [0.15, 0.2) is 6.29 Å². The van der Waals surface area contributed by atoms with E-state index in [1.807, 2.05) is 0 Å². The van der Waals surface area contributed by atoms with Crippen LogP contribution in [0.25, 0.3) is 0 Å². The number of rotatable bonds is 2. The van der Waals surface area contributed by atoms with Crippen LogP contribution in [0.5, 0.6) is 0 Å². The Bertz CT molecular complexity index is 76.1. The Labute approximate surface area is 42.5 Å². The number of carbonyl (C=O) groups is 1. The highest BCUT2D eigenvalue weighted by atomic mass is 16.3. The van der Waals surface area contributed by atoms with Crippen LogP contribution in [-0.4, -0.2) is 17.5 Å². The average Bonchev–Trinajstić information content (AvgIpc) is 1.68. The molecule has 0 spiro atoms. The number of hydrogen-bond donors (Lipinski definition) is 1. The standard InChI is InChI=1S/C5H8O2/c1-2-3-5(7)4-6/h2-5,7H,1H3. The summed E-state index contributed by atoms with van der Waals surface area (Å²) in [4.78, 5) is 9.59. The van der Waals surface area contributed by atoms with Gasteiger partial charge in [0.2, 0.25) is 0 Å². The Hall–Kier alpha value is -0.630. The minimum absolute atomic E-state index is 0.472. The molecule has 40 valence electrons. The Balaban J connectivity index is 3.35. The predicted octanol–water partition coefficient (Wildman–Crippen LogP) is 0.122. The lowest BCUT2D eigenvalue weighted by Gasteiger charge is -1.86. The molecule has 0 aromatic carbocycles. The van der Waals surface area contributed by atoms with Gasteiger partial charge in [-0.2, -0.15) is 0 Å². The van der Waals surface area contributed by atoms with Crippen molar-refractivity contribution in [3.05, 3.63) is 12.2 Å². The van der Waals surface area contributed by atoms with Gasteiger partial charge in [0, 0.05) is 0 Å². The average molecular weight is 100 g/mol. The van der Waals surface area contributed by atoms with E-state index in [0.29, 0.717) is 6.29 Å². The van der Waals surface area contributed by atoms with Gasteiger partial charge in [-0.1, -0.05) is 12.2 Å². The molecule has 0 saturated heterocycles. The third kappa shape index (κ3) is 3.19. The zero-order valence-electron chi connectivity index (χ0n) is 4.16. The van der Waals surface area contributed by atoms with Crippen LogP contribution in [-0.2, 0) is 4.79 Å². The second kappa shape index (κ2) is 3.56. The van der Waals surface area contributed by atoms with E-state index in [1.165, 1.54) is 6.08 Å². The predicted molar refractivity (Wildman–Crippen MR) is 26.9 cm³/mol. The Morgan fingerprint density at radius 3 is 2.43 bits per heavy atom. The van der Waals surface area contributed by atoms with Crippen LogP contribution in [0.1, 0.15) is 6.92 Å². The van der Waals surface area contributed by atoms with Crippen molar-refractivity contribution in [3.63, 3.8) is 0 Å². The van der Waals surface area contributed by atoms with E-state index in [2.05, 4.69) is 0 Å². The molecule has 0 aromatic rings. The third-order valence-corrected chi connectivity index (χ3v) is 0.529. The van der Waals surface area contributed by atoms with Gasteiger partial charge in [0.1, 0.15) is 6.10 Å². The molecule has 1 unspecified atom stereocenters. The monoisotopic (exact) mass is 100 g/mol. The van der Waals surface area contributed by atoms with Crippen LogP contribution in [0.4, 0.5) is 0 Å². The van der Waals surface area contributed by atoms with E-state index in [0.717, 1.165) is 0 Å². The summed E-state index contributed by atoms with van der Waals surface area (Å²) < 4.78 is 0. The number of aliphatic hydroxyl groups excluding tert-OH is 1. The molecule has 0 rings (SSSR count). The number of allylic oxidation sites excluding steroid dienone is 1. The van der Waals surface area contributed by atoms with E-state index in [-0.39, 0.29) is 0 Å². The van der Waals surface area contributed by atoms with Crippen LogP contribution < -0.4 is 0 Å². The highest BCUT2D eigenvalue weighted by molar-refractivity contribution is 5.58. The summed E-state index contributed by atoms with van der Waals surface area (Å²) in [6.07, 6.45) is 2.59. The minimum atomic E-state index is -0.912. The summed E-state index contributed by atoms with van der Waals surface area (Å²) in [6.45, 7) is 1.74. The maximum Gasteiger partial charge on any atom is 0.152 e. The van der Waals surface area contributed by atoms with Crippen molar-refractivity contribution in [2.75, 3.05) is 0 Å². The summed E-state index contributed by atoms with van der Waals surface area (Å²) in [5.41, 5.74) is 0. The van der Waals surface area contributed by atoms with Gasteiger partial charge >= 0.3 is 0 Å². The Kier molecular flexibility index (Phi) is 3.24. The lowest BCUT2D eigenvalue weighted by atomic mass is 10.4. The zero-order valence-corrected chi connectivity index (χ0v) is 4.16. The Morgan fingerprint density at radius 1 is 1.71 bits per heavy atom. The second-order valence-corrected chi connectivity index (χ2v) is 1.15. The van der Waals surface area contributed by atoms with E-state index in [9.17, 15) is 4.79 Å². The maximum absolute atomic E-state index is 9.59. The van der Waals surface area contributed by atoms with E-state index in [4.69, 9.17) is 5.11 Å². The molecule has 0 bridgehead atoms. The van der Waals surface area contributed by atoms with Gasteiger partial charge in [-0.25, -0.2) is 0 Å². The maximum atomic E-state index is 9.59. The second-order valence-electron chi connectivity index (χ2n) is 1.15. The van der Waals surface area contributed by atoms with E-state index >= 15 is 0 Å².